The molecule has 1 atom stereocenters. The number of aromatic nitrogens is 5. The molecule has 9 nitrogen and oxygen atoms in total. The van der Waals surface area contributed by atoms with Gasteiger partial charge in [-0.1, -0.05) is 29.3 Å². The largest absolute Gasteiger partial charge is 0.363 e. The predicted molar refractivity (Wildman–Crippen MR) is 94.2 cm³/mol. The zero-order chi connectivity index (χ0) is 17.7. The number of carbonyl (C=O) groups excluding carboxylic acids is 1. The summed E-state index contributed by atoms with van der Waals surface area (Å²) in [7, 11) is 0. The van der Waals surface area contributed by atoms with Crippen LogP contribution in [0.3, 0.4) is 0 Å². The van der Waals surface area contributed by atoms with Crippen LogP contribution in [0.5, 0.6) is 0 Å². The van der Waals surface area contributed by atoms with Crippen LogP contribution in [0.1, 0.15) is 72.7 Å². The first-order chi connectivity index (χ1) is 12.7. The summed E-state index contributed by atoms with van der Waals surface area (Å²) in [6, 6.07) is -0.0826. The number of nitrogens with zero attached hydrogens (tertiary/aromatic N) is 6. The van der Waals surface area contributed by atoms with Crippen molar-refractivity contribution in [3.8, 4) is 0 Å². The molecule has 5 rings (SSSR count). The van der Waals surface area contributed by atoms with Gasteiger partial charge in [0.25, 0.3) is 11.7 Å². The summed E-state index contributed by atoms with van der Waals surface area (Å²) in [5, 5.41) is 9.26. The highest BCUT2D eigenvalue weighted by Crippen LogP contribution is 2.39. The Balaban J connectivity index is 1.42. The minimum absolute atomic E-state index is 0.0815. The lowest BCUT2D eigenvalue weighted by atomic mass is 10.1. The Labute approximate surface area is 153 Å². The van der Waals surface area contributed by atoms with Crippen molar-refractivity contribution in [1.82, 2.24) is 24.7 Å². The van der Waals surface area contributed by atoms with Crippen LogP contribution in [-0.4, -0.2) is 37.2 Å². The number of imidazole rings is 1. The van der Waals surface area contributed by atoms with Gasteiger partial charge >= 0.3 is 0 Å². The monoisotopic (exact) mass is 373 g/mol. The molecule has 10 heteroatoms. The highest BCUT2D eigenvalue weighted by atomic mass is 32.1. The molecule has 136 valence electrons. The van der Waals surface area contributed by atoms with Crippen LogP contribution in [0, 0.1) is 0 Å². The number of amides is 1. The number of carbonyl (C=O) groups is 1. The Morgan fingerprint density at radius 1 is 1.23 bits per heavy atom. The van der Waals surface area contributed by atoms with Crippen LogP contribution < -0.4 is 10.6 Å². The molecule has 2 aliphatic rings. The van der Waals surface area contributed by atoms with Gasteiger partial charge in [0.1, 0.15) is 6.04 Å². The van der Waals surface area contributed by atoms with Gasteiger partial charge in [-0.3, -0.25) is 4.79 Å². The quantitative estimate of drug-likeness (QED) is 0.746. The summed E-state index contributed by atoms with van der Waals surface area (Å²) in [4.78, 5) is 23.2. The summed E-state index contributed by atoms with van der Waals surface area (Å²) in [5.41, 5.74) is 6.38. The molecule has 2 N–H and O–H groups in total. The van der Waals surface area contributed by atoms with Crippen molar-refractivity contribution in [2.45, 2.75) is 50.5 Å². The van der Waals surface area contributed by atoms with E-state index >= 15 is 0 Å². The molecule has 0 aromatic carbocycles. The minimum atomic E-state index is -0.684. The highest BCUT2D eigenvalue weighted by Gasteiger charge is 2.34. The zero-order valence-corrected chi connectivity index (χ0v) is 15.0. The molecule has 2 fully saturated rings. The number of hydrogen-bond acceptors (Lipinski definition) is 8. The number of primary amides is 1. The summed E-state index contributed by atoms with van der Waals surface area (Å²) in [6.45, 7) is 0.852. The third kappa shape index (κ3) is 2.56. The van der Waals surface area contributed by atoms with E-state index in [1.54, 1.807) is 11.3 Å². The second kappa shape index (κ2) is 6.04. The lowest BCUT2D eigenvalue weighted by Crippen LogP contribution is -2.23. The van der Waals surface area contributed by atoms with E-state index in [1.807, 2.05) is 4.52 Å². The van der Waals surface area contributed by atoms with Crippen molar-refractivity contribution < 1.29 is 9.32 Å². The van der Waals surface area contributed by atoms with Gasteiger partial charge in [-0.15, -0.1) is 5.10 Å². The molecule has 3 aromatic heterocycles. The standard InChI is InChI=1S/C16H19N7O2S/c17-12(24)13-19-14(25-21-13)11-6-3-7-22(11)16-20-23-8-10(18-15(23)26-16)9-4-1-2-5-9/h8-9,11H,1-7H2,(H2,17,24). The van der Waals surface area contributed by atoms with Gasteiger partial charge in [0.05, 0.1) is 11.9 Å². The Kier molecular flexibility index (Phi) is 3.66. The second-order valence-electron chi connectivity index (χ2n) is 6.93. The van der Waals surface area contributed by atoms with Crippen LogP contribution >= 0.6 is 11.3 Å². The van der Waals surface area contributed by atoms with Crippen molar-refractivity contribution in [3.63, 3.8) is 0 Å². The zero-order valence-electron chi connectivity index (χ0n) is 14.2. The van der Waals surface area contributed by atoms with Crippen LogP contribution in [-0.2, 0) is 0 Å². The summed E-state index contributed by atoms with van der Waals surface area (Å²) in [6.07, 6.45) is 8.97. The Bertz CT molecular complexity index is 924. The van der Waals surface area contributed by atoms with Crippen molar-refractivity contribution >= 4 is 27.3 Å². The topological polar surface area (TPSA) is 115 Å². The van der Waals surface area contributed by atoms with E-state index in [-0.39, 0.29) is 11.9 Å². The third-order valence-corrected chi connectivity index (χ3v) is 6.23. The number of nitrogens with two attached hydrogens (primary N) is 1. The number of anilines is 1. The second-order valence-corrected chi connectivity index (χ2v) is 7.87. The SMILES string of the molecule is NC(=O)c1noc(C2CCCN2c2nn3cc(C4CCCC4)nc3s2)n1. The summed E-state index contributed by atoms with van der Waals surface area (Å²) < 4.78 is 7.14. The maximum absolute atomic E-state index is 11.2. The van der Waals surface area contributed by atoms with Crippen molar-refractivity contribution in [3.05, 3.63) is 23.6 Å². The molecule has 1 unspecified atom stereocenters. The molecule has 0 spiro atoms. The smallest absolute Gasteiger partial charge is 0.290 e. The van der Waals surface area contributed by atoms with Gasteiger partial charge in [-0.25, -0.2) is 9.50 Å². The molecule has 26 heavy (non-hydrogen) atoms. The minimum Gasteiger partial charge on any atom is -0.363 e. The first kappa shape index (κ1) is 15.7. The number of fused-ring (bicyclic) bond motifs is 1. The van der Waals surface area contributed by atoms with E-state index < -0.39 is 5.91 Å². The molecule has 3 aromatic rings. The third-order valence-electron chi connectivity index (χ3n) is 5.27. The van der Waals surface area contributed by atoms with Crippen molar-refractivity contribution in [2.24, 2.45) is 5.73 Å². The lowest BCUT2D eigenvalue weighted by Gasteiger charge is -2.19. The molecule has 0 bridgehead atoms. The molecular formula is C16H19N7O2S. The van der Waals surface area contributed by atoms with Crippen LogP contribution in [0.2, 0.25) is 0 Å². The van der Waals surface area contributed by atoms with Gasteiger partial charge in [0, 0.05) is 12.5 Å². The molecular weight excluding hydrogens is 354 g/mol. The molecule has 1 saturated carbocycles. The average Bonchev–Trinajstić information content (AvgIpc) is 3.42. The molecule has 1 aliphatic heterocycles. The van der Waals surface area contributed by atoms with E-state index in [1.165, 1.54) is 25.7 Å². The molecule has 1 amide bonds. The van der Waals surface area contributed by atoms with Gasteiger partial charge < -0.3 is 15.2 Å². The fraction of sp³-hybridized carbons (Fsp3) is 0.562. The van der Waals surface area contributed by atoms with Crippen molar-refractivity contribution in [2.75, 3.05) is 11.4 Å². The number of hydrogen-bond donors (Lipinski definition) is 1. The van der Waals surface area contributed by atoms with E-state index in [4.69, 9.17) is 20.3 Å². The van der Waals surface area contributed by atoms with Gasteiger partial charge in [-0.2, -0.15) is 4.98 Å². The highest BCUT2D eigenvalue weighted by molar-refractivity contribution is 7.20. The van der Waals surface area contributed by atoms with Gasteiger partial charge in [0.2, 0.25) is 16.0 Å². The van der Waals surface area contributed by atoms with Crippen LogP contribution in [0.15, 0.2) is 10.7 Å². The first-order valence-corrected chi connectivity index (χ1v) is 9.77. The molecule has 0 radical (unpaired) electrons. The van der Waals surface area contributed by atoms with E-state index in [0.717, 1.165) is 35.2 Å². The Morgan fingerprint density at radius 2 is 2.08 bits per heavy atom. The average molecular weight is 373 g/mol. The maximum atomic E-state index is 11.2. The van der Waals surface area contributed by atoms with Gasteiger partial charge in [0.15, 0.2) is 0 Å². The van der Waals surface area contributed by atoms with Crippen LogP contribution in [0.25, 0.3) is 4.96 Å². The number of rotatable bonds is 4. The fourth-order valence-corrected chi connectivity index (χ4v) is 4.93. The Hall–Kier alpha value is -2.49. The normalized spacial score (nSPS) is 21.2. The molecule has 1 saturated heterocycles. The van der Waals surface area contributed by atoms with E-state index in [2.05, 4.69) is 21.2 Å². The van der Waals surface area contributed by atoms with Gasteiger partial charge in [-0.05, 0) is 25.7 Å². The lowest BCUT2D eigenvalue weighted by molar-refractivity contribution is 0.0987. The fourth-order valence-electron chi connectivity index (χ4n) is 3.96. The summed E-state index contributed by atoms with van der Waals surface area (Å²) in [5.74, 6) is 0.229. The predicted octanol–water partition coefficient (Wildman–Crippen LogP) is 2.27. The van der Waals surface area contributed by atoms with E-state index in [9.17, 15) is 4.79 Å². The molecule has 1 aliphatic carbocycles. The maximum Gasteiger partial charge on any atom is 0.290 e. The first-order valence-electron chi connectivity index (χ1n) is 8.95. The van der Waals surface area contributed by atoms with Crippen LogP contribution in [0.4, 0.5) is 5.13 Å². The molecule has 4 heterocycles. The van der Waals surface area contributed by atoms with E-state index in [0.29, 0.717) is 11.8 Å². The summed E-state index contributed by atoms with van der Waals surface area (Å²) >= 11 is 1.57. The Morgan fingerprint density at radius 3 is 2.81 bits per heavy atom. The van der Waals surface area contributed by atoms with Crippen molar-refractivity contribution in [1.29, 1.82) is 0 Å².